The Hall–Kier alpha value is -1.88. The molecule has 2 fully saturated rings. The largest absolute Gasteiger partial charge is 0.491 e. The molecule has 3 N–H and O–H groups in total. The molecule has 3 rings (SSSR count). The summed E-state index contributed by atoms with van der Waals surface area (Å²) in [6.07, 6.45) is 2.07. The highest BCUT2D eigenvalue weighted by atomic mass is 32.2. The predicted octanol–water partition coefficient (Wildman–Crippen LogP) is 0.467. The molecule has 0 aliphatic carbocycles. The molecule has 2 aliphatic rings. The Morgan fingerprint density at radius 2 is 2.14 bits per heavy atom. The van der Waals surface area contributed by atoms with Crippen molar-refractivity contribution in [2.45, 2.75) is 41.9 Å². The van der Waals surface area contributed by atoms with Gasteiger partial charge in [0.1, 0.15) is 25.1 Å². The first-order chi connectivity index (χ1) is 13.8. The minimum Gasteiger partial charge on any atom is -0.491 e. The van der Waals surface area contributed by atoms with Crippen LogP contribution in [0.25, 0.3) is 0 Å². The summed E-state index contributed by atoms with van der Waals surface area (Å²) in [5, 5.41) is 16.0. The molecule has 29 heavy (non-hydrogen) atoms. The first-order valence-corrected chi connectivity index (χ1v) is 11.5. The van der Waals surface area contributed by atoms with Gasteiger partial charge in [-0.05, 0) is 50.6 Å². The summed E-state index contributed by atoms with van der Waals surface area (Å²) in [6.45, 7) is 1.91. The van der Waals surface area contributed by atoms with Crippen LogP contribution in [0.5, 0.6) is 5.75 Å². The predicted molar refractivity (Wildman–Crippen MR) is 105 cm³/mol. The lowest BCUT2D eigenvalue weighted by atomic mass is 9.88. The zero-order valence-electron chi connectivity index (χ0n) is 16.4. The Bertz CT molecular complexity index is 809. The number of carbonyl (C=O) groups is 1. The van der Waals surface area contributed by atoms with E-state index in [0.29, 0.717) is 12.4 Å². The van der Waals surface area contributed by atoms with Gasteiger partial charge in [-0.15, -0.1) is 0 Å². The molecule has 2 aliphatic heterocycles. The molecule has 2 atom stereocenters. The number of amides is 1. The highest BCUT2D eigenvalue weighted by Gasteiger charge is 2.41. The number of hydrogen-bond donors (Lipinski definition) is 3. The Kier molecular flexibility index (Phi) is 6.99. The molecule has 1 aromatic carbocycles. The van der Waals surface area contributed by atoms with Crippen molar-refractivity contribution in [1.29, 1.82) is 0 Å². The Labute approximate surface area is 170 Å². The monoisotopic (exact) mass is 428 g/mol. The van der Waals surface area contributed by atoms with Gasteiger partial charge >= 0.3 is 6.09 Å². The van der Waals surface area contributed by atoms with Crippen molar-refractivity contribution in [2.75, 3.05) is 39.2 Å². The van der Waals surface area contributed by atoms with E-state index in [-0.39, 0.29) is 29.8 Å². The van der Waals surface area contributed by atoms with Gasteiger partial charge in [0.2, 0.25) is 0 Å². The van der Waals surface area contributed by atoms with Gasteiger partial charge in [0.05, 0.1) is 23.1 Å². The van der Waals surface area contributed by atoms with E-state index in [9.17, 15) is 18.3 Å². The molecule has 1 spiro atoms. The van der Waals surface area contributed by atoms with Crippen LogP contribution in [-0.2, 0) is 19.3 Å². The van der Waals surface area contributed by atoms with Crippen molar-refractivity contribution < 1.29 is 32.5 Å². The molecule has 1 aromatic rings. The number of nitrogens with one attached hydrogen (secondary N) is 2. The molecular formula is C19H28N2O7S. The summed E-state index contributed by atoms with van der Waals surface area (Å²) in [6, 6.07) is 5.89. The number of ether oxygens (including phenoxy) is 3. The van der Waals surface area contributed by atoms with Crippen molar-refractivity contribution in [1.82, 2.24) is 10.6 Å². The van der Waals surface area contributed by atoms with Crippen molar-refractivity contribution in [3.05, 3.63) is 24.3 Å². The normalized spacial score (nSPS) is 22.2. The third kappa shape index (κ3) is 6.30. The summed E-state index contributed by atoms with van der Waals surface area (Å²) in [4.78, 5) is 12.1. The molecule has 0 radical (unpaired) electrons. The van der Waals surface area contributed by atoms with E-state index < -0.39 is 22.0 Å². The van der Waals surface area contributed by atoms with E-state index >= 15 is 0 Å². The second-order valence-corrected chi connectivity index (χ2v) is 9.62. The van der Waals surface area contributed by atoms with Gasteiger partial charge < -0.3 is 30.0 Å². The molecule has 1 amide bonds. The fourth-order valence-electron chi connectivity index (χ4n) is 3.58. The summed E-state index contributed by atoms with van der Waals surface area (Å²) in [5.74, 6) is 0.312. The van der Waals surface area contributed by atoms with Gasteiger partial charge in [-0.3, -0.25) is 0 Å². The van der Waals surface area contributed by atoms with Crippen LogP contribution in [0.4, 0.5) is 4.79 Å². The third-order valence-corrected chi connectivity index (χ3v) is 6.24. The van der Waals surface area contributed by atoms with Crippen molar-refractivity contribution in [3.8, 4) is 5.75 Å². The maximum Gasteiger partial charge on any atom is 0.407 e. The number of hydrogen-bond acceptors (Lipinski definition) is 8. The van der Waals surface area contributed by atoms with E-state index in [0.717, 1.165) is 38.6 Å². The van der Waals surface area contributed by atoms with E-state index in [2.05, 4.69) is 10.6 Å². The van der Waals surface area contributed by atoms with Crippen LogP contribution in [0.2, 0.25) is 0 Å². The first kappa shape index (κ1) is 21.8. The minimum absolute atomic E-state index is 0.104. The molecule has 0 aromatic heterocycles. The third-order valence-electron chi connectivity index (χ3n) is 5.13. The molecule has 2 saturated heterocycles. The lowest BCUT2D eigenvalue weighted by Gasteiger charge is -2.32. The van der Waals surface area contributed by atoms with Crippen molar-refractivity contribution >= 4 is 15.9 Å². The average Bonchev–Trinajstić information content (AvgIpc) is 3.06. The number of rotatable bonds is 7. The quantitative estimate of drug-likeness (QED) is 0.573. The lowest BCUT2D eigenvalue weighted by Crippen LogP contribution is -2.43. The van der Waals surface area contributed by atoms with Gasteiger partial charge in [0.15, 0.2) is 9.84 Å². The number of sulfone groups is 1. The minimum atomic E-state index is -3.34. The lowest BCUT2D eigenvalue weighted by molar-refractivity contribution is -0.0194. The van der Waals surface area contributed by atoms with E-state index in [4.69, 9.17) is 14.2 Å². The fourth-order valence-corrected chi connectivity index (χ4v) is 4.24. The topological polar surface area (TPSA) is 123 Å². The number of aliphatic hydroxyl groups excluding tert-OH is 1. The average molecular weight is 429 g/mol. The Morgan fingerprint density at radius 1 is 1.38 bits per heavy atom. The number of carbonyl (C=O) groups excluding carboxylic acids is 1. The van der Waals surface area contributed by atoms with Crippen LogP contribution in [0, 0.1) is 0 Å². The summed E-state index contributed by atoms with van der Waals surface area (Å²) < 4.78 is 39.5. The summed E-state index contributed by atoms with van der Waals surface area (Å²) >= 11 is 0. The Morgan fingerprint density at radius 3 is 2.86 bits per heavy atom. The molecule has 10 heteroatoms. The van der Waals surface area contributed by atoms with E-state index in [1.807, 2.05) is 0 Å². The van der Waals surface area contributed by atoms with Gasteiger partial charge in [-0.25, -0.2) is 13.2 Å². The second kappa shape index (κ2) is 9.29. The van der Waals surface area contributed by atoms with Crippen LogP contribution in [-0.4, -0.2) is 76.5 Å². The van der Waals surface area contributed by atoms with Crippen LogP contribution < -0.4 is 15.4 Å². The van der Waals surface area contributed by atoms with Crippen molar-refractivity contribution in [3.63, 3.8) is 0 Å². The van der Waals surface area contributed by atoms with Gasteiger partial charge in [0, 0.05) is 6.26 Å². The number of alkyl carbamates (subject to hydrolysis) is 1. The number of piperidine rings is 1. The maximum atomic E-state index is 12.0. The molecule has 0 saturated carbocycles. The van der Waals surface area contributed by atoms with Crippen LogP contribution >= 0.6 is 0 Å². The zero-order chi connectivity index (χ0) is 20.9. The van der Waals surface area contributed by atoms with E-state index in [1.165, 1.54) is 12.1 Å². The number of aliphatic hydroxyl groups is 1. The molecule has 162 valence electrons. The maximum absolute atomic E-state index is 12.0. The molecule has 9 nitrogen and oxygen atoms in total. The highest BCUT2D eigenvalue weighted by Crippen LogP contribution is 2.33. The molecule has 0 bridgehead atoms. The SMILES string of the molecule is CS(=O)(=O)c1cccc(OCC(O)COC(=O)N[C@H]2COC3(CCNCC3)C2)c1. The van der Waals surface area contributed by atoms with Crippen LogP contribution in [0.3, 0.4) is 0 Å². The highest BCUT2D eigenvalue weighted by molar-refractivity contribution is 7.90. The van der Waals surface area contributed by atoms with E-state index in [1.54, 1.807) is 12.1 Å². The van der Waals surface area contributed by atoms with Crippen LogP contribution in [0.1, 0.15) is 19.3 Å². The second-order valence-electron chi connectivity index (χ2n) is 7.60. The smallest absolute Gasteiger partial charge is 0.407 e. The first-order valence-electron chi connectivity index (χ1n) is 9.65. The zero-order valence-corrected chi connectivity index (χ0v) is 17.2. The molecular weight excluding hydrogens is 400 g/mol. The van der Waals surface area contributed by atoms with Gasteiger partial charge in [-0.2, -0.15) is 0 Å². The molecule has 2 heterocycles. The van der Waals surface area contributed by atoms with Gasteiger partial charge in [0.25, 0.3) is 0 Å². The molecule has 1 unspecified atom stereocenters. The number of benzene rings is 1. The van der Waals surface area contributed by atoms with Gasteiger partial charge in [-0.1, -0.05) is 6.07 Å². The summed E-state index contributed by atoms with van der Waals surface area (Å²) in [5.41, 5.74) is -0.156. The Balaban J connectivity index is 1.37. The summed E-state index contributed by atoms with van der Waals surface area (Å²) in [7, 11) is -3.34. The fraction of sp³-hybridized carbons (Fsp3) is 0.632. The van der Waals surface area contributed by atoms with Crippen molar-refractivity contribution in [2.24, 2.45) is 0 Å². The van der Waals surface area contributed by atoms with Crippen LogP contribution in [0.15, 0.2) is 29.2 Å². The standard InChI is InChI=1S/C19H28N2O7S/c1-29(24,25)17-4-2-3-16(9-17)26-12-15(22)13-27-18(23)21-14-10-19(28-11-14)5-7-20-8-6-19/h2-4,9,14-15,20,22H,5-8,10-13H2,1H3,(H,21,23)/t14-,15?/m1/s1.